The number of non-ortho nitro benzene ring substituents is 1. The Hall–Kier alpha value is -1.97. The molecule has 4 nitrogen and oxygen atoms in total. The maximum Gasteiger partial charge on any atom is 0.270 e. The van der Waals surface area contributed by atoms with Crippen LogP contribution in [0.5, 0.6) is 0 Å². The highest BCUT2D eigenvalue weighted by molar-refractivity contribution is 6.02. The van der Waals surface area contributed by atoms with Gasteiger partial charge in [0.1, 0.15) is 0 Å². The summed E-state index contributed by atoms with van der Waals surface area (Å²) in [6.45, 7) is 6.20. The summed E-state index contributed by atoms with van der Waals surface area (Å²) >= 11 is 0. The Morgan fingerprint density at radius 2 is 2.05 bits per heavy atom. The number of hydrogen-bond acceptors (Lipinski definition) is 3. The summed E-state index contributed by atoms with van der Waals surface area (Å²) in [6, 6.07) is 6.44. The Balaban J connectivity index is 2.35. The van der Waals surface area contributed by atoms with E-state index in [1.54, 1.807) is 12.1 Å². The average molecular weight is 287 g/mol. The van der Waals surface area contributed by atoms with Crippen molar-refractivity contribution in [1.29, 1.82) is 0 Å². The molecule has 0 N–H and O–H groups in total. The smallest absolute Gasteiger partial charge is 0.270 e. The van der Waals surface area contributed by atoms with Gasteiger partial charge in [-0.3, -0.25) is 14.9 Å². The molecule has 2 rings (SSSR count). The van der Waals surface area contributed by atoms with E-state index in [1.165, 1.54) is 12.1 Å². The first-order valence-corrected chi connectivity index (χ1v) is 7.40. The summed E-state index contributed by atoms with van der Waals surface area (Å²) in [7, 11) is 0. The normalized spacial score (nSPS) is 24.6. The number of allylic oxidation sites excluding steroid dienone is 1. The maximum atomic E-state index is 12.6. The van der Waals surface area contributed by atoms with E-state index < -0.39 is 4.92 Å². The van der Waals surface area contributed by atoms with E-state index in [2.05, 4.69) is 20.8 Å². The SMILES string of the molecule is CC1CCC(C(C)C)C(=O)C1=Cc1cccc([N+](=O)[O-])c1. The summed E-state index contributed by atoms with van der Waals surface area (Å²) in [5, 5.41) is 10.8. The Morgan fingerprint density at radius 1 is 1.33 bits per heavy atom. The van der Waals surface area contributed by atoms with Crippen LogP contribution in [0.1, 0.15) is 39.2 Å². The molecule has 1 fully saturated rings. The number of carbonyl (C=O) groups excluding carboxylic acids is 1. The number of nitro benzene ring substituents is 1. The van der Waals surface area contributed by atoms with E-state index in [9.17, 15) is 14.9 Å². The molecule has 2 atom stereocenters. The van der Waals surface area contributed by atoms with Gasteiger partial charge in [-0.25, -0.2) is 0 Å². The molecule has 1 aliphatic carbocycles. The second-order valence-corrected chi connectivity index (χ2v) is 6.14. The van der Waals surface area contributed by atoms with Crippen LogP contribution in [-0.2, 0) is 4.79 Å². The largest absolute Gasteiger partial charge is 0.294 e. The fourth-order valence-electron chi connectivity index (χ4n) is 2.93. The van der Waals surface area contributed by atoms with Gasteiger partial charge < -0.3 is 0 Å². The van der Waals surface area contributed by atoms with Crippen LogP contribution < -0.4 is 0 Å². The van der Waals surface area contributed by atoms with Gasteiger partial charge in [-0.1, -0.05) is 32.9 Å². The third-order valence-electron chi connectivity index (χ3n) is 4.27. The second-order valence-electron chi connectivity index (χ2n) is 6.14. The molecule has 21 heavy (non-hydrogen) atoms. The van der Waals surface area contributed by atoms with Crippen molar-refractivity contribution in [2.24, 2.45) is 17.8 Å². The molecule has 0 saturated heterocycles. The van der Waals surface area contributed by atoms with E-state index in [1.807, 2.05) is 6.08 Å². The topological polar surface area (TPSA) is 60.2 Å². The minimum Gasteiger partial charge on any atom is -0.294 e. The lowest BCUT2D eigenvalue weighted by Crippen LogP contribution is -2.30. The van der Waals surface area contributed by atoms with Crippen molar-refractivity contribution in [2.45, 2.75) is 33.6 Å². The van der Waals surface area contributed by atoms with Gasteiger partial charge in [0.15, 0.2) is 5.78 Å². The van der Waals surface area contributed by atoms with Gasteiger partial charge in [-0.15, -0.1) is 0 Å². The lowest BCUT2D eigenvalue weighted by Gasteiger charge is -2.30. The van der Waals surface area contributed by atoms with E-state index in [-0.39, 0.29) is 23.3 Å². The molecule has 0 aliphatic heterocycles. The monoisotopic (exact) mass is 287 g/mol. The number of nitro groups is 1. The van der Waals surface area contributed by atoms with Crippen molar-refractivity contribution < 1.29 is 9.72 Å². The number of carbonyl (C=O) groups is 1. The van der Waals surface area contributed by atoms with E-state index >= 15 is 0 Å². The third kappa shape index (κ3) is 3.38. The molecule has 0 bridgehead atoms. The molecular weight excluding hydrogens is 266 g/mol. The molecule has 0 heterocycles. The van der Waals surface area contributed by atoms with E-state index in [0.717, 1.165) is 24.0 Å². The zero-order valence-electron chi connectivity index (χ0n) is 12.7. The molecule has 2 unspecified atom stereocenters. The van der Waals surface area contributed by atoms with Gasteiger partial charge in [-0.2, -0.15) is 0 Å². The lowest BCUT2D eigenvalue weighted by atomic mass is 9.73. The van der Waals surface area contributed by atoms with Crippen LogP contribution in [0.4, 0.5) is 5.69 Å². The molecule has 1 aliphatic rings. The van der Waals surface area contributed by atoms with Crippen LogP contribution in [0.2, 0.25) is 0 Å². The standard InChI is InChI=1S/C17H21NO3/c1-11(2)15-8-7-12(3)16(17(15)19)10-13-5-4-6-14(9-13)18(20)21/h4-6,9-12,15H,7-8H2,1-3H3. The van der Waals surface area contributed by atoms with Crippen LogP contribution in [0.15, 0.2) is 29.8 Å². The highest BCUT2D eigenvalue weighted by atomic mass is 16.6. The van der Waals surface area contributed by atoms with Gasteiger partial charge in [-0.05, 0) is 41.9 Å². The van der Waals surface area contributed by atoms with Crippen molar-refractivity contribution in [2.75, 3.05) is 0 Å². The minimum absolute atomic E-state index is 0.0562. The Kier molecular flexibility index (Phi) is 4.56. The van der Waals surface area contributed by atoms with Gasteiger partial charge in [0.2, 0.25) is 0 Å². The zero-order valence-corrected chi connectivity index (χ0v) is 12.7. The van der Waals surface area contributed by atoms with Crippen LogP contribution in [-0.4, -0.2) is 10.7 Å². The summed E-state index contributed by atoms with van der Waals surface area (Å²) < 4.78 is 0. The highest BCUT2D eigenvalue weighted by Crippen LogP contribution is 2.35. The maximum absolute atomic E-state index is 12.6. The fraction of sp³-hybridized carbons (Fsp3) is 0.471. The Bertz CT molecular complexity index is 589. The molecule has 0 spiro atoms. The van der Waals surface area contributed by atoms with Crippen LogP contribution in [0, 0.1) is 27.9 Å². The summed E-state index contributed by atoms with van der Waals surface area (Å²) in [5.41, 5.74) is 1.59. The molecule has 0 amide bonds. The second kappa shape index (κ2) is 6.20. The predicted molar refractivity (Wildman–Crippen MR) is 82.8 cm³/mol. The molecule has 1 aromatic rings. The van der Waals surface area contributed by atoms with Gasteiger partial charge in [0.05, 0.1) is 4.92 Å². The predicted octanol–water partition coefficient (Wildman–Crippen LogP) is 4.25. The van der Waals surface area contributed by atoms with Crippen molar-refractivity contribution >= 4 is 17.5 Å². The van der Waals surface area contributed by atoms with Crippen LogP contribution in [0.3, 0.4) is 0 Å². The van der Waals surface area contributed by atoms with E-state index in [4.69, 9.17) is 0 Å². The number of Topliss-reactive ketones (excluding diaryl/α,β-unsaturated/α-hetero) is 1. The van der Waals surface area contributed by atoms with Crippen LogP contribution >= 0.6 is 0 Å². The highest BCUT2D eigenvalue weighted by Gasteiger charge is 2.32. The first-order valence-electron chi connectivity index (χ1n) is 7.40. The fourth-order valence-corrected chi connectivity index (χ4v) is 2.93. The summed E-state index contributed by atoms with van der Waals surface area (Å²) in [6.07, 6.45) is 3.76. The van der Waals surface area contributed by atoms with Crippen molar-refractivity contribution in [3.8, 4) is 0 Å². The molecule has 4 heteroatoms. The minimum atomic E-state index is -0.412. The lowest BCUT2D eigenvalue weighted by molar-refractivity contribution is -0.384. The molecule has 1 aromatic carbocycles. The van der Waals surface area contributed by atoms with Gasteiger partial charge in [0, 0.05) is 18.1 Å². The first-order chi connectivity index (χ1) is 9.90. The zero-order chi connectivity index (χ0) is 15.6. The number of benzene rings is 1. The molecular formula is C17H21NO3. The Labute approximate surface area is 125 Å². The summed E-state index contributed by atoms with van der Waals surface area (Å²) in [5.74, 6) is 0.826. The van der Waals surface area contributed by atoms with Crippen molar-refractivity contribution in [3.63, 3.8) is 0 Å². The van der Waals surface area contributed by atoms with E-state index in [0.29, 0.717) is 5.92 Å². The van der Waals surface area contributed by atoms with Crippen LogP contribution in [0.25, 0.3) is 6.08 Å². The molecule has 0 radical (unpaired) electrons. The average Bonchev–Trinajstić information content (AvgIpc) is 2.43. The van der Waals surface area contributed by atoms with Gasteiger partial charge >= 0.3 is 0 Å². The molecule has 0 aromatic heterocycles. The molecule has 1 saturated carbocycles. The summed E-state index contributed by atoms with van der Waals surface area (Å²) in [4.78, 5) is 23.0. The number of hydrogen-bond donors (Lipinski definition) is 0. The van der Waals surface area contributed by atoms with Crippen molar-refractivity contribution in [1.82, 2.24) is 0 Å². The molecule has 112 valence electrons. The number of rotatable bonds is 3. The Morgan fingerprint density at radius 3 is 2.67 bits per heavy atom. The van der Waals surface area contributed by atoms with Crippen molar-refractivity contribution in [3.05, 3.63) is 45.5 Å². The first kappa shape index (κ1) is 15.4. The quantitative estimate of drug-likeness (QED) is 0.474. The number of nitrogens with zero attached hydrogens (tertiary/aromatic N) is 1. The van der Waals surface area contributed by atoms with Gasteiger partial charge in [0.25, 0.3) is 5.69 Å². The number of ketones is 1. The third-order valence-corrected chi connectivity index (χ3v) is 4.27.